The third kappa shape index (κ3) is 7.10. The predicted molar refractivity (Wildman–Crippen MR) is 130 cm³/mol. The number of likely N-dealkylation sites (N-methyl/N-ethyl adjacent to an activating group) is 1. The molecular formula is C23H30ClN3O5S. The van der Waals surface area contributed by atoms with Crippen LogP contribution in [0.2, 0.25) is 5.02 Å². The fraction of sp³-hybridized carbons (Fsp3) is 0.391. The Kier molecular flexibility index (Phi) is 9.13. The van der Waals surface area contributed by atoms with Gasteiger partial charge in [0.1, 0.15) is 18.3 Å². The number of nitrogens with one attached hydrogen (secondary N) is 1. The molecule has 180 valence electrons. The number of carbonyl (C=O) groups is 2. The maximum Gasteiger partial charge on any atom is 0.244 e. The van der Waals surface area contributed by atoms with Crippen molar-refractivity contribution in [1.29, 1.82) is 0 Å². The molecule has 33 heavy (non-hydrogen) atoms. The van der Waals surface area contributed by atoms with Crippen LogP contribution in [0.3, 0.4) is 0 Å². The molecule has 2 rings (SSSR count). The molecule has 2 aromatic carbocycles. The first kappa shape index (κ1) is 26.5. The van der Waals surface area contributed by atoms with Crippen molar-refractivity contribution < 1.29 is 22.7 Å². The zero-order chi connectivity index (χ0) is 24.8. The van der Waals surface area contributed by atoms with Gasteiger partial charge in [0, 0.05) is 18.1 Å². The molecule has 0 aliphatic heterocycles. The average Bonchev–Trinajstić information content (AvgIpc) is 2.75. The number of rotatable bonds is 10. The van der Waals surface area contributed by atoms with Crippen molar-refractivity contribution in [2.75, 3.05) is 30.8 Å². The first-order chi connectivity index (χ1) is 15.5. The van der Waals surface area contributed by atoms with Crippen LogP contribution in [-0.4, -0.2) is 57.6 Å². The van der Waals surface area contributed by atoms with Gasteiger partial charge in [0.25, 0.3) is 0 Å². The Labute approximate surface area is 200 Å². The zero-order valence-electron chi connectivity index (χ0n) is 19.5. The first-order valence-corrected chi connectivity index (χ1v) is 12.6. The van der Waals surface area contributed by atoms with Crippen molar-refractivity contribution in [3.8, 4) is 5.75 Å². The van der Waals surface area contributed by atoms with E-state index in [4.69, 9.17) is 16.3 Å². The molecule has 0 fully saturated rings. The van der Waals surface area contributed by atoms with Gasteiger partial charge in [-0.1, -0.05) is 29.8 Å². The van der Waals surface area contributed by atoms with Crippen LogP contribution >= 0.6 is 11.6 Å². The van der Waals surface area contributed by atoms with Crippen LogP contribution in [0.5, 0.6) is 5.75 Å². The van der Waals surface area contributed by atoms with Crippen LogP contribution in [0, 0.1) is 6.92 Å². The molecule has 8 nitrogen and oxygen atoms in total. The Bertz CT molecular complexity index is 1090. The maximum absolute atomic E-state index is 13.5. The monoisotopic (exact) mass is 495 g/mol. The van der Waals surface area contributed by atoms with Gasteiger partial charge in [0.15, 0.2) is 0 Å². The molecule has 0 saturated heterocycles. The largest absolute Gasteiger partial charge is 0.495 e. The Hall–Kier alpha value is -2.78. The van der Waals surface area contributed by atoms with Crippen molar-refractivity contribution in [3.05, 3.63) is 58.6 Å². The molecule has 0 aliphatic carbocycles. The third-order valence-corrected chi connectivity index (χ3v) is 6.45. The molecule has 0 spiro atoms. The molecule has 0 aromatic heterocycles. The van der Waals surface area contributed by atoms with Crippen molar-refractivity contribution in [3.63, 3.8) is 0 Å². The van der Waals surface area contributed by atoms with E-state index in [1.54, 1.807) is 56.3 Å². The zero-order valence-corrected chi connectivity index (χ0v) is 21.0. The van der Waals surface area contributed by atoms with Gasteiger partial charge >= 0.3 is 0 Å². The lowest BCUT2D eigenvalue weighted by molar-refractivity contribution is -0.139. The number of hydrogen-bond donors (Lipinski definition) is 1. The summed E-state index contributed by atoms with van der Waals surface area (Å²) in [7, 11) is -2.41. The minimum atomic E-state index is -3.84. The van der Waals surface area contributed by atoms with Gasteiger partial charge < -0.3 is 15.0 Å². The summed E-state index contributed by atoms with van der Waals surface area (Å²) in [5.74, 6) is -0.545. The Morgan fingerprint density at radius 1 is 1.15 bits per heavy atom. The molecule has 0 saturated carbocycles. The lowest BCUT2D eigenvalue weighted by atomic mass is 10.1. The summed E-state index contributed by atoms with van der Waals surface area (Å²) >= 11 is 5.96. The fourth-order valence-corrected chi connectivity index (χ4v) is 4.25. The van der Waals surface area contributed by atoms with Gasteiger partial charge in [0.05, 0.1) is 19.1 Å². The number of aryl methyl sites for hydroxylation is 1. The van der Waals surface area contributed by atoms with Crippen molar-refractivity contribution in [1.82, 2.24) is 10.2 Å². The summed E-state index contributed by atoms with van der Waals surface area (Å²) < 4.78 is 31.7. The number of halogens is 1. The SMILES string of the molecule is CCNC(=O)[C@H](C)N(Cc1ccc(Cl)cc1)C(=O)CN(c1cc(C)ccc1OC)S(C)(=O)=O. The lowest BCUT2D eigenvalue weighted by Gasteiger charge is -2.31. The van der Waals surface area contributed by atoms with E-state index in [1.165, 1.54) is 12.0 Å². The fourth-order valence-electron chi connectivity index (χ4n) is 3.28. The topological polar surface area (TPSA) is 96.0 Å². The summed E-state index contributed by atoms with van der Waals surface area (Å²) in [6, 6.07) is 11.1. The highest BCUT2D eigenvalue weighted by Crippen LogP contribution is 2.31. The molecule has 2 aromatic rings. The summed E-state index contributed by atoms with van der Waals surface area (Å²) in [5.41, 5.74) is 1.81. The van der Waals surface area contributed by atoms with E-state index in [1.807, 2.05) is 6.92 Å². The van der Waals surface area contributed by atoms with Crippen LogP contribution in [0.4, 0.5) is 5.69 Å². The van der Waals surface area contributed by atoms with Crippen molar-refractivity contribution in [2.24, 2.45) is 0 Å². The van der Waals surface area contributed by atoms with Crippen LogP contribution in [0.1, 0.15) is 25.0 Å². The average molecular weight is 496 g/mol. The molecule has 1 N–H and O–H groups in total. The van der Waals surface area contributed by atoms with Gasteiger partial charge in [-0.2, -0.15) is 0 Å². The second-order valence-electron chi connectivity index (χ2n) is 7.66. The number of carbonyl (C=O) groups excluding carboxylic acids is 2. The van der Waals surface area contributed by atoms with E-state index in [-0.39, 0.29) is 18.1 Å². The minimum absolute atomic E-state index is 0.108. The summed E-state index contributed by atoms with van der Waals surface area (Å²) in [4.78, 5) is 27.4. The smallest absolute Gasteiger partial charge is 0.244 e. The number of amides is 2. The Balaban J connectivity index is 2.44. The molecule has 0 radical (unpaired) electrons. The predicted octanol–water partition coefficient (Wildman–Crippen LogP) is 2.98. The van der Waals surface area contributed by atoms with Crippen molar-refractivity contribution >= 4 is 39.1 Å². The lowest BCUT2D eigenvalue weighted by Crippen LogP contribution is -2.51. The summed E-state index contributed by atoms with van der Waals surface area (Å²) in [6.07, 6.45) is 1.03. The van der Waals surface area contributed by atoms with E-state index < -0.39 is 28.5 Å². The normalized spacial score (nSPS) is 12.1. The van der Waals surface area contributed by atoms with E-state index >= 15 is 0 Å². The van der Waals surface area contributed by atoms with E-state index in [0.29, 0.717) is 17.3 Å². The van der Waals surface area contributed by atoms with Gasteiger partial charge in [-0.3, -0.25) is 13.9 Å². The van der Waals surface area contributed by atoms with Gasteiger partial charge in [-0.25, -0.2) is 8.42 Å². The first-order valence-electron chi connectivity index (χ1n) is 10.4. The second kappa shape index (κ2) is 11.4. The van der Waals surface area contributed by atoms with E-state index in [2.05, 4.69) is 5.32 Å². The van der Waals surface area contributed by atoms with Crippen LogP contribution in [0.15, 0.2) is 42.5 Å². The molecule has 10 heteroatoms. The number of benzene rings is 2. The number of hydrogen-bond acceptors (Lipinski definition) is 5. The molecule has 1 atom stereocenters. The minimum Gasteiger partial charge on any atom is -0.495 e. The maximum atomic E-state index is 13.5. The second-order valence-corrected chi connectivity index (χ2v) is 10.0. The molecule has 0 heterocycles. The van der Waals surface area contributed by atoms with Gasteiger partial charge in [-0.15, -0.1) is 0 Å². The highest BCUT2D eigenvalue weighted by atomic mass is 35.5. The quantitative estimate of drug-likeness (QED) is 0.546. The van der Waals surface area contributed by atoms with Crippen LogP contribution in [-0.2, 0) is 26.2 Å². The van der Waals surface area contributed by atoms with Gasteiger partial charge in [0.2, 0.25) is 21.8 Å². The highest BCUT2D eigenvalue weighted by molar-refractivity contribution is 7.92. The molecule has 0 unspecified atom stereocenters. The molecule has 0 bridgehead atoms. The van der Waals surface area contributed by atoms with Crippen molar-refractivity contribution in [2.45, 2.75) is 33.4 Å². The summed E-state index contributed by atoms with van der Waals surface area (Å²) in [6.45, 7) is 5.23. The van der Waals surface area contributed by atoms with E-state index in [9.17, 15) is 18.0 Å². The van der Waals surface area contributed by atoms with Gasteiger partial charge in [-0.05, 0) is 56.2 Å². The number of methoxy groups -OCH3 is 1. The standard InChI is InChI=1S/C23H30ClN3O5S/c1-6-25-23(29)17(3)26(14-18-8-10-19(24)11-9-18)22(28)15-27(33(5,30)31)20-13-16(2)7-12-21(20)32-4/h7-13,17H,6,14-15H2,1-5H3,(H,25,29)/t17-/m0/s1. The molecule has 0 aliphatic rings. The van der Waals surface area contributed by atoms with Crippen LogP contribution < -0.4 is 14.4 Å². The highest BCUT2D eigenvalue weighted by Gasteiger charge is 2.31. The number of sulfonamides is 1. The number of nitrogens with zero attached hydrogens (tertiary/aromatic N) is 2. The Morgan fingerprint density at radius 3 is 2.33 bits per heavy atom. The van der Waals surface area contributed by atoms with E-state index in [0.717, 1.165) is 21.7 Å². The third-order valence-electron chi connectivity index (χ3n) is 5.07. The number of ether oxygens (including phenoxy) is 1. The Morgan fingerprint density at radius 2 is 1.79 bits per heavy atom. The number of anilines is 1. The van der Waals surface area contributed by atoms with Crippen LogP contribution in [0.25, 0.3) is 0 Å². The summed E-state index contributed by atoms with van der Waals surface area (Å²) in [5, 5.41) is 3.26. The molecular weight excluding hydrogens is 466 g/mol. The molecule has 2 amide bonds.